The molecule has 0 fully saturated rings. The second kappa shape index (κ2) is 6.53. The second-order valence-electron chi connectivity index (χ2n) is 5.30. The molecule has 0 aromatic carbocycles. The zero-order valence-electron chi connectivity index (χ0n) is 13.6. The van der Waals surface area contributed by atoms with Crippen molar-refractivity contribution in [2.75, 3.05) is 12.4 Å². The van der Waals surface area contributed by atoms with E-state index in [-0.39, 0.29) is 5.91 Å². The molecule has 0 aliphatic rings. The monoisotopic (exact) mass is 327 g/mol. The van der Waals surface area contributed by atoms with E-state index >= 15 is 0 Å². The second-order valence-corrected chi connectivity index (χ2v) is 5.30. The molecule has 0 aliphatic heterocycles. The predicted octanol–water partition coefficient (Wildman–Crippen LogP) is 2.19. The number of methoxy groups -OCH3 is 1. The van der Waals surface area contributed by atoms with Crippen molar-refractivity contribution in [2.24, 2.45) is 0 Å². The van der Waals surface area contributed by atoms with Crippen molar-refractivity contribution in [3.8, 4) is 5.75 Å². The van der Waals surface area contributed by atoms with Gasteiger partial charge in [-0.2, -0.15) is 5.10 Å². The Balaban J connectivity index is 1.70. The van der Waals surface area contributed by atoms with Crippen LogP contribution in [0.25, 0.3) is 0 Å². The number of ether oxygens (including phenoxy) is 1. The van der Waals surface area contributed by atoms with E-state index in [0.29, 0.717) is 23.5 Å². The summed E-state index contributed by atoms with van der Waals surface area (Å²) in [6, 6.07) is 1.62. The Hall–Kier alpha value is -3.16. The first-order chi connectivity index (χ1) is 11.6. The standard InChI is InChI=1S/C16H17N5O3/c1-10-15(11(2)24-20-10)9-21-8-13(6-18-21)19-16(22)12-4-14(23-3)7-17-5-12/h4-8H,9H2,1-3H3,(H,19,22). The number of carbonyl (C=O) groups excluding carboxylic acids is 1. The summed E-state index contributed by atoms with van der Waals surface area (Å²) in [7, 11) is 1.53. The molecule has 0 aliphatic carbocycles. The maximum atomic E-state index is 12.2. The first-order valence-corrected chi connectivity index (χ1v) is 7.31. The Kier molecular flexibility index (Phi) is 4.28. The molecule has 0 spiro atoms. The summed E-state index contributed by atoms with van der Waals surface area (Å²) in [6.45, 7) is 4.27. The molecule has 0 bridgehead atoms. The van der Waals surface area contributed by atoms with Crippen LogP contribution in [0.3, 0.4) is 0 Å². The van der Waals surface area contributed by atoms with Crippen molar-refractivity contribution in [3.63, 3.8) is 0 Å². The normalized spacial score (nSPS) is 10.6. The fraction of sp³-hybridized carbons (Fsp3) is 0.250. The molecule has 3 heterocycles. The minimum atomic E-state index is -0.279. The molecule has 3 aromatic rings. The van der Waals surface area contributed by atoms with Crippen LogP contribution in [0.1, 0.15) is 27.4 Å². The summed E-state index contributed by atoms with van der Waals surface area (Å²) in [4.78, 5) is 16.2. The highest BCUT2D eigenvalue weighted by atomic mass is 16.5. The molecule has 0 saturated carbocycles. The number of amides is 1. The fourth-order valence-electron chi connectivity index (χ4n) is 2.26. The Morgan fingerprint density at radius 2 is 2.17 bits per heavy atom. The minimum Gasteiger partial charge on any atom is -0.495 e. The van der Waals surface area contributed by atoms with Crippen molar-refractivity contribution in [3.05, 3.63) is 53.4 Å². The third kappa shape index (κ3) is 3.27. The van der Waals surface area contributed by atoms with E-state index in [4.69, 9.17) is 9.26 Å². The van der Waals surface area contributed by atoms with Crippen LogP contribution in [-0.2, 0) is 6.54 Å². The minimum absolute atomic E-state index is 0.279. The zero-order chi connectivity index (χ0) is 17.1. The average molecular weight is 327 g/mol. The number of pyridine rings is 1. The lowest BCUT2D eigenvalue weighted by atomic mass is 10.2. The van der Waals surface area contributed by atoms with E-state index in [9.17, 15) is 4.79 Å². The first kappa shape index (κ1) is 15.7. The van der Waals surface area contributed by atoms with Crippen LogP contribution in [-0.4, -0.2) is 32.9 Å². The Morgan fingerprint density at radius 3 is 2.88 bits per heavy atom. The maximum absolute atomic E-state index is 12.2. The molecule has 1 amide bonds. The highest BCUT2D eigenvalue weighted by Crippen LogP contribution is 2.16. The maximum Gasteiger partial charge on any atom is 0.257 e. The van der Waals surface area contributed by atoms with E-state index < -0.39 is 0 Å². The lowest BCUT2D eigenvalue weighted by Crippen LogP contribution is -2.12. The summed E-state index contributed by atoms with van der Waals surface area (Å²) >= 11 is 0. The number of nitrogens with zero attached hydrogens (tertiary/aromatic N) is 4. The van der Waals surface area contributed by atoms with Gasteiger partial charge in [0.05, 0.1) is 43.0 Å². The first-order valence-electron chi connectivity index (χ1n) is 7.31. The molecule has 3 rings (SSSR count). The summed E-state index contributed by atoms with van der Waals surface area (Å²) in [6.07, 6.45) is 6.35. The number of anilines is 1. The number of nitrogens with one attached hydrogen (secondary N) is 1. The van der Waals surface area contributed by atoms with E-state index in [1.165, 1.54) is 13.3 Å². The average Bonchev–Trinajstić information content (AvgIpc) is 3.16. The summed E-state index contributed by atoms with van der Waals surface area (Å²) in [5.74, 6) is 1.01. The van der Waals surface area contributed by atoms with Gasteiger partial charge < -0.3 is 14.6 Å². The van der Waals surface area contributed by atoms with Crippen LogP contribution in [0.15, 0.2) is 35.4 Å². The van der Waals surface area contributed by atoms with Crippen molar-refractivity contribution in [1.82, 2.24) is 19.9 Å². The van der Waals surface area contributed by atoms with Gasteiger partial charge in [-0.1, -0.05) is 5.16 Å². The van der Waals surface area contributed by atoms with Crippen molar-refractivity contribution >= 4 is 11.6 Å². The van der Waals surface area contributed by atoms with Gasteiger partial charge in [0, 0.05) is 18.0 Å². The zero-order valence-corrected chi connectivity index (χ0v) is 13.6. The Labute approximate surface area is 138 Å². The molecule has 124 valence electrons. The number of carbonyl (C=O) groups is 1. The number of hydrogen-bond acceptors (Lipinski definition) is 6. The van der Waals surface area contributed by atoms with E-state index in [0.717, 1.165) is 17.0 Å². The van der Waals surface area contributed by atoms with Gasteiger partial charge in [-0.15, -0.1) is 0 Å². The smallest absolute Gasteiger partial charge is 0.257 e. The summed E-state index contributed by atoms with van der Waals surface area (Å²) in [5, 5.41) is 10.9. The summed E-state index contributed by atoms with van der Waals surface area (Å²) in [5.41, 5.74) is 2.81. The quantitative estimate of drug-likeness (QED) is 0.772. The largest absolute Gasteiger partial charge is 0.495 e. The van der Waals surface area contributed by atoms with Crippen LogP contribution in [0, 0.1) is 13.8 Å². The number of hydrogen-bond donors (Lipinski definition) is 1. The lowest BCUT2D eigenvalue weighted by molar-refractivity contribution is 0.102. The van der Waals surface area contributed by atoms with E-state index in [1.807, 2.05) is 13.8 Å². The predicted molar refractivity (Wildman–Crippen MR) is 86.0 cm³/mol. The van der Waals surface area contributed by atoms with Crippen molar-refractivity contribution in [2.45, 2.75) is 20.4 Å². The van der Waals surface area contributed by atoms with Gasteiger partial charge in [0.1, 0.15) is 11.5 Å². The molecule has 8 heteroatoms. The highest BCUT2D eigenvalue weighted by Gasteiger charge is 2.12. The Bertz CT molecular complexity index is 849. The number of rotatable bonds is 5. The molecule has 8 nitrogen and oxygen atoms in total. The lowest BCUT2D eigenvalue weighted by Gasteiger charge is -2.04. The molecule has 0 atom stereocenters. The van der Waals surface area contributed by atoms with Gasteiger partial charge in [0.2, 0.25) is 0 Å². The SMILES string of the molecule is COc1cncc(C(=O)Nc2cnn(Cc3c(C)noc3C)c2)c1. The van der Waals surface area contributed by atoms with E-state index in [1.54, 1.807) is 29.3 Å². The molecule has 24 heavy (non-hydrogen) atoms. The molecule has 3 aromatic heterocycles. The van der Waals surface area contributed by atoms with Gasteiger partial charge in [0.15, 0.2) is 0 Å². The van der Waals surface area contributed by atoms with Crippen LogP contribution >= 0.6 is 0 Å². The van der Waals surface area contributed by atoms with Crippen molar-refractivity contribution < 1.29 is 14.1 Å². The van der Waals surface area contributed by atoms with Gasteiger partial charge in [-0.25, -0.2) is 0 Å². The van der Waals surface area contributed by atoms with Crippen LogP contribution < -0.4 is 10.1 Å². The molecule has 0 radical (unpaired) electrons. The van der Waals surface area contributed by atoms with E-state index in [2.05, 4.69) is 20.6 Å². The fourth-order valence-corrected chi connectivity index (χ4v) is 2.26. The third-order valence-corrected chi connectivity index (χ3v) is 3.60. The molecule has 0 unspecified atom stereocenters. The van der Waals surface area contributed by atoms with Gasteiger partial charge in [0.25, 0.3) is 5.91 Å². The molecule has 1 N–H and O–H groups in total. The highest BCUT2D eigenvalue weighted by molar-refractivity contribution is 6.04. The van der Waals surface area contributed by atoms with Gasteiger partial charge in [-0.05, 0) is 19.9 Å². The topological polar surface area (TPSA) is 95.1 Å². The van der Waals surface area contributed by atoms with Crippen molar-refractivity contribution in [1.29, 1.82) is 0 Å². The third-order valence-electron chi connectivity index (χ3n) is 3.60. The van der Waals surface area contributed by atoms with Crippen LogP contribution in [0.2, 0.25) is 0 Å². The van der Waals surface area contributed by atoms with Gasteiger partial charge >= 0.3 is 0 Å². The molecular weight excluding hydrogens is 310 g/mol. The number of aryl methyl sites for hydroxylation is 2. The summed E-state index contributed by atoms with van der Waals surface area (Å²) < 4.78 is 11.9. The molecule has 0 saturated heterocycles. The molecular formula is C16H17N5O3. The van der Waals surface area contributed by atoms with Crippen LogP contribution in [0.4, 0.5) is 5.69 Å². The number of aromatic nitrogens is 4. The van der Waals surface area contributed by atoms with Crippen LogP contribution in [0.5, 0.6) is 5.75 Å². The Morgan fingerprint density at radius 1 is 1.33 bits per heavy atom. The van der Waals surface area contributed by atoms with Gasteiger partial charge in [-0.3, -0.25) is 14.5 Å².